The molecular formula is C13H25FO. The van der Waals surface area contributed by atoms with Crippen LogP contribution in [0.5, 0.6) is 0 Å². The number of Topliss-reactive ketones (excluding diaryl/α,β-unsaturated/α-hetero) is 1. The lowest BCUT2D eigenvalue weighted by atomic mass is 9.93. The Bertz CT molecular complexity index is 175. The summed E-state index contributed by atoms with van der Waals surface area (Å²) in [5, 5.41) is 0. The van der Waals surface area contributed by atoms with Crippen molar-refractivity contribution in [1.82, 2.24) is 0 Å². The molecule has 0 aliphatic rings. The second kappa shape index (κ2) is 7.84. The van der Waals surface area contributed by atoms with Gasteiger partial charge in [-0.1, -0.05) is 46.0 Å². The first-order valence-electron chi connectivity index (χ1n) is 6.26. The van der Waals surface area contributed by atoms with Crippen molar-refractivity contribution in [3.63, 3.8) is 0 Å². The van der Waals surface area contributed by atoms with E-state index in [0.29, 0.717) is 12.8 Å². The highest BCUT2D eigenvalue weighted by Gasteiger charge is 2.30. The Morgan fingerprint density at radius 1 is 1.07 bits per heavy atom. The molecule has 15 heavy (non-hydrogen) atoms. The van der Waals surface area contributed by atoms with Gasteiger partial charge in [0.1, 0.15) is 0 Å². The van der Waals surface area contributed by atoms with E-state index in [1.54, 1.807) is 0 Å². The molecule has 0 aromatic carbocycles. The molecule has 0 aliphatic heterocycles. The molecule has 2 heteroatoms. The predicted octanol–water partition coefficient (Wildman–Crippen LogP) is 4.44. The van der Waals surface area contributed by atoms with Gasteiger partial charge in [0, 0.05) is 6.42 Å². The Kier molecular flexibility index (Phi) is 7.63. The smallest absolute Gasteiger partial charge is 0.169 e. The normalized spacial score (nSPS) is 14.9. The van der Waals surface area contributed by atoms with Crippen LogP contribution in [0.1, 0.15) is 72.1 Å². The zero-order valence-corrected chi connectivity index (χ0v) is 10.4. The third-order valence-corrected chi connectivity index (χ3v) is 2.81. The van der Waals surface area contributed by atoms with Crippen LogP contribution in [0.4, 0.5) is 4.39 Å². The van der Waals surface area contributed by atoms with Crippen molar-refractivity contribution in [2.75, 3.05) is 0 Å². The van der Waals surface area contributed by atoms with E-state index in [1.165, 1.54) is 26.2 Å². The minimum atomic E-state index is -1.58. The van der Waals surface area contributed by atoms with Gasteiger partial charge in [-0.15, -0.1) is 0 Å². The molecule has 0 aliphatic carbocycles. The highest BCUT2D eigenvalue weighted by molar-refractivity contribution is 5.86. The average molecular weight is 216 g/mol. The number of hydrogen-bond acceptors (Lipinski definition) is 1. The van der Waals surface area contributed by atoms with E-state index < -0.39 is 5.67 Å². The number of ketones is 1. The molecule has 0 saturated carbocycles. The molecule has 1 unspecified atom stereocenters. The second-order valence-electron chi connectivity index (χ2n) is 4.53. The largest absolute Gasteiger partial charge is 0.296 e. The molecule has 0 amide bonds. The average Bonchev–Trinajstić information content (AvgIpc) is 2.17. The summed E-state index contributed by atoms with van der Waals surface area (Å²) in [6.45, 7) is 5.49. The van der Waals surface area contributed by atoms with E-state index in [4.69, 9.17) is 0 Å². The Balaban J connectivity index is 3.64. The van der Waals surface area contributed by atoms with Gasteiger partial charge >= 0.3 is 0 Å². The molecule has 1 nitrogen and oxygen atoms in total. The van der Waals surface area contributed by atoms with E-state index in [2.05, 4.69) is 6.92 Å². The topological polar surface area (TPSA) is 17.1 Å². The van der Waals surface area contributed by atoms with Crippen molar-refractivity contribution in [3.05, 3.63) is 0 Å². The van der Waals surface area contributed by atoms with E-state index in [-0.39, 0.29) is 5.78 Å². The number of alkyl halides is 1. The number of rotatable bonds is 9. The zero-order chi connectivity index (χ0) is 11.7. The monoisotopic (exact) mass is 216 g/mol. The quantitative estimate of drug-likeness (QED) is 0.521. The standard InChI is InChI=1S/C13H25FO/c1-4-6-7-8-9-10-12(15)13(3,14)11-5-2/h4-11H2,1-3H3. The molecule has 0 bridgehead atoms. The minimum Gasteiger partial charge on any atom is -0.296 e. The van der Waals surface area contributed by atoms with E-state index >= 15 is 0 Å². The second-order valence-corrected chi connectivity index (χ2v) is 4.53. The minimum absolute atomic E-state index is 0.208. The molecule has 90 valence electrons. The summed E-state index contributed by atoms with van der Waals surface area (Å²) >= 11 is 0. The molecular weight excluding hydrogens is 191 g/mol. The molecule has 0 heterocycles. The first-order chi connectivity index (χ1) is 7.04. The lowest BCUT2D eigenvalue weighted by Crippen LogP contribution is -2.29. The summed E-state index contributed by atoms with van der Waals surface area (Å²) in [7, 11) is 0. The van der Waals surface area contributed by atoms with Gasteiger partial charge < -0.3 is 0 Å². The third kappa shape index (κ3) is 6.64. The van der Waals surface area contributed by atoms with Crippen LogP contribution in [-0.2, 0) is 4.79 Å². The predicted molar refractivity (Wildman–Crippen MR) is 62.8 cm³/mol. The molecule has 0 spiro atoms. The van der Waals surface area contributed by atoms with Crippen LogP contribution in [0.2, 0.25) is 0 Å². The summed E-state index contributed by atoms with van der Waals surface area (Å²) in [5.74, 6) is -0.208. The first kappa shape index (κ1) is 14.6. The molecule has 0 fully saturated rings. The summed E-state index contributed by atoms with van der Waals surface area (Å²) in [6, 6.07) is 0. The number of carbonyl (C=O) groups is 1. The van der Waals surface area contributed by atoms with Crippen molar-refractivity contribution < 1.29 is 9.18 Å². The number of unbranched alkanes of at least 4 members (excludes halogenated alkanes) is 4. The maximum atomic E-state index is 13.7. The van der Waals surface area contributed by atoms with Crippen molar-refractivity contribution in [2.24, 2.45) is 0 Å². The lowest BCUT2D eigenvalue weighted by Gasteiger charge is -2.17. The van der Waals surface area contributed by atoms with Gasteiger partial charge in [0.05, 0.1) is 0 Å². The molecule has 0 aromatic heterocycles. The van der Waals surface area contributed by atoms with Crippen LogP contribution in [0.15, 0.2) is 0 Å². The van der Waals surface area contributed by atoms with Gasteiger partial charge in [0.2, 0.25) is 0 Å². The Hall–Kier alpha value is -0.400. The van der Waals surface area contributed by atoms with Crippen LogP contribution in [0, 0.1) is 0 Å². The highest BCUT2D eigenvalue weighted by Crippen LogP contribution is 2.21. The van der Waals surface area contributed by atoms with Crippen LogP contribution in [0.25, 0.3) is 0 Å². The van der Waals surface area contributed by atoms with E-state index in [0.717, 1.165) is 19.3 Å². The molecule has 0 N–H and O–H groups in total. The third-order valence-electron chi connectivity index (χ3n) is 2.81. The molecule has 0 radical (unpaired) electrons. The summed E-state index contributed by atoms with van der Waals surface area (Å²) < 4.78 is 13.7. The SMILES string of the molecule is CCCCCCCC(=O)C(C)(F)CCC. The fourth-order valence-corrected chi connectivity index (χ4v) is 1.76. The number of carbonyl (C=O) groups excluding carboxylic acids is 1. The summed E-state index contributed by atoms with van der Waals surface area (Å²) in [6.07, 6.45) is 7.00. The Labute approximate surface area is 93.4 Å². The van der Waals surface area contributed by atoms with E-state index in [1.807, 2.05) is 6.92 Å². The zero-order valence-electron chi connectivity index (χ0n) is 10.4. The molecule has 0 aromatic rings. The van der Waals surface area contributed by atoms with Gasteiger partial charge in [0.15, 0.2) is 11.5 Å². The van der Waals surface area contributed by atoms with Crippen molar-refractivity contribution >= 4 is 5.78 Å². The molecule has 0 saturated heterocycles. The molecule has 0 rings (SSSR count). The maximum Gasteiger partial charge on any atom is 0.169 e. The van der Waals surface area contributed by atoms with Gasteiger partial charge in [-0.05, 0) is 19.8 Å². The van der Waals surface area contributed by atoms with Gasteiger partial charge in [-0.2, -0.15) is 0 Å². The Morgan fingerprint density at radius 3 is 2.20 bits per heavy atom. The van der Waals surface area contributed by atoms with Crippen LogP contribution < -0.4 is 0 Å². The molecule has 1 atom stereocenters. The summed E-state index contributed by atoms with van der Waals surface area (Å²) in [5.41, 5.74) is -1.58. The maximum absolute atomic E-state index is 13.7. The van der Waals surface area contributed by atoms with Crippen molar-refractivity contribution in [1.29, 1.82) is 0 Å². The van der Waals surface area contributed by atoms with E-state index in [9.17, 15) is 9.18 Å². The fourth-order valence-electron chi connectivity index (χ4n) is 1.76. The first-order valence-corrected chi connectivity index (χ1v) is 6.26. The van der Waals surface area contributed by atoms with Crippen LogP contribution in [0.3, 0.4) is 0 Å². The van der Waals surface area contributed by atoms with Crippen molar-refractivity contribution in [3.8, 4) is 0 Å². The van der Waals surface area contributed by atoms with Crippen LogP contribution >= 0.6 is 0 Å². The van der Waals surface area contributed by atoms with Crippen LogP contribution in [-0.4, -0.2) is 11.5 Å². The fraction of sp³-hybridized carbons (Fsp3) is 0.923. The number of halogens is 1. The lowest BCUT2D eigenvalue weighted by molar-refractivity contribution is -0.130. The summed E-state index contributed by atoms with van der Waals surface area (Å²) in [4.78, 5) is 11.5. The highest BCUT2D eigenvalue weighted by atomic mass is 19.1. The Morgan fingerprint density at radius 2 is 1.67 bits per heavy atom. The van der Waals surface area contributed by atoms with Gasteiger partial charge in [0.25, 0.3) is 0 Å². The van der Waals surface area contributed by atoms with Gasteiger partial charge in [-0.25, -0.2) is 4.39 Å². The number of hydrogen-bond donors (Lipinski definition) is 0. The van der Waals surface area contributed by atoms with Gasteiger partial charge in [-0.3, -0.25) is 4.79 Å². The van der Waals surface area contributed by atoms with Crippen molar-refractivity contribution in [2.45, 2.75) is 77.8 Å².